The first-order valence-corrected chi connectivity index (χ1v) is 6.01. The van der Waals surface area contributed by atoms with Crippen molar-refractivity contribution in [1.29, 1.82) is 0 Å². The number of aliphatic carboxylic acids is 2. The van der Waals surface area contributed by atoms with Gasteiger partial charge < -0.3 is 36.1 Å². The second kappa shape index (κ2) is 7.90. The van der Waals surface area contributed by atoms with Gasteiger partial charge in [-0.1, -0.05) is 0 Å². The molecule has 0 spiro atoms. The smallest absolute Gasteiger partial charge is 0.328 e. The second-order valence-corrected chi connectivity index (χ2v) is 4.14. The lowest BCUT2D eigenvalue weighted by Crippen LogP contribution is -2.47. The van der Waals surface area contributed by atoms with Gasteiger partial charge in [0.15, 0.2) is 6.04 Å². The number of rotatable bonds is 8. The Morgan fingerprint density at radius 1 is 1.27 bits per heavy atom. The van der Waals surface area contributed by atoms with E-state index < -0.39 is 43.1 Å². The van der Waals surface area contributed by atoms with Crippen LogP contribution < -0.4 is 16.4 Å². The number of amides is 2. The Bertz CT molecular complexity index is 546. The maximum atomic E-state index is 11.4. The molecule has 1 aromatic heterocycles. The molecule has 0 aliphatic carbocycles. The highest BCUT2D eigenvalue weighted by atomic mass is 16.4. The number of carbonyl (C=O) groups is 3. The SMILES string of the molecule is NC(CC(=O)O)c1nnc(CNC(=O)NC(CO)C(=O)O)o1. The summed E-state index contributed by atoms with van der Waals surface area (Å²) in [5.74, 6) is -2.66. The van der Waals surface area contributed by atoms with Gasteiger partial charge in [0.1, 0.15) is 0 Å². The fraction of sp³-hybridized carbons (Fsp3) is 0.500. The molecule has 0 bridgehead atoms. The summed E-state index contributed by atoms with van der Waals surface area (Å²) in [6, 6.07) is -3.28. The van der Waals surface area contributed by atoms with Crippen LogP contribution in [0.25, 0.3) is 0 Å². The number of hydrogen-bond donors (Lipinski definition) is 6. The Hall–Kier alpha value is -2.73. The van der Waals surface area contributed by atoms with E-state index in [1.807, 2.05) is 5.32 Å². The predicted molar refractivity (Wildman–Crippen MR) is 67.4 cm³/mol. The molecule has 122 valence electrons. The van der Waals surface area contributed by atoms with Gasteiger partial charge in [-0.25, -0.2) is 9.59 Å². The first kappa shape index (κ1) is 17.3. The van der Waals surface area contributed by atoms with E-state index in [4.69, 9.17) is 25.5 Å². The molecular formula is C10H15N5O7. The molecule has 0 radical (unpaired) electrons. The standard InChI is InChI=1S/C10H15N5O7/c11-4(1-7(17)18)8-15-14-6(22-8)2-12-10(21)13-5(3-16)9(19)20/h4-5,16H,1-3,11H2,(H,17,18)(H,19,20)(H2,12,13,21). The normalized spacial score (nSPS) is 13.2. The molecule has 22 heavy (non-hydrogen) atoms. The van der Waals surface area contributed by atoms with E-state index in [-0.39, 0.29) is 18.3 Å². The molecule has 1 rings (SSSR count). The van der Waals surface area contributed by atoms with Crippen molar-refractivity contribution in [2.24, 2.45) is 5.73 Å². The van der Waals surface area contributed by atoms with Gasteiger partial charge in [0.05, 0.1) is 25.6 Å². The topological polar surface area (TPSA) is 201 Å². The molecule has 12 nitrogen and oxygen atoms in total. The lowest BCUT2D eigenvalue weighted by atomic mass is 10.2. The van der Waals surface area contributed by atoms with E-state index >= 15 is 0 Å². The van der Waals surface area contributed by atoms with Crippen LogP contribution in [0.15, 0.2) is 4.42 Å². The first-order valence-electron chi connectivity index (χ1n) is 6.01. The van der Waals surface area contributed by atoms with Gasteiger partial charge in [0.25, 0.3) is 0 Å². The maximum Gasteiger partial charge on any atom is 0.328 e. The van der Waals surface area contributed by atoms with Gasteiger partial charge in [-0.15, -0.1) is 10.2 Å². The van der Waals surface area contributed by atoms with Crippen molar-refractivity contribution in [3.8, 4) is 0 Å². The Kier molecular flexibility index (Phi) is 6.22. The van der Waals surface area contributed by atoms with E-state index in [1.54, 1.807) is 0 Å². The third-order valence-corrected chi connectivity index (χ3v) is 2.38. The number of urea groups is 1. The molecule has 0 fully saturated rings. The number of aliphatic hydroxyl groups excluding tert-OH is 1. The van der Waals surface area contributed by atoms with E-state index in [9.17, 15) is 14.4 Å². The molecular weight excluding hydrogens is 302 g/mol. The Morgan fingerprint density at radius 3 is 2.50 bits per heavy atom. The zero-order valence-electron chi connectivity index (χ0n) is 11.2. The molecule has 0 aliphatic rings. The summed E-state index contributed by atoms with van der Waals surface area (Å²) >= 11 is 0. The van der Waals surface area contributed by atoms with Crippen LogP contribution in [0.2, 0.25) is 0 Å². The van der Waals surface area contributed by atoms with E-state index in [0.717, 1.165) is 0 Å². The Labute approximate surface area is 123 Å². The third kappa shape index (κ3) is 5.34. The number of carboxylic acids is 2. The van der Waals surface area contributed by atoms with Crippen LogP contribution in [0.3, 0.4) is 0 Å². The summed E-state index contributed by atoms with van der Waals surface area (Å²) in [6.07, 6.45) is -0.396. The molecule has 0 aromatic carbocycles. The zero-order valence-corrected chi connectivity index (χ0v) is 11.2. The average molecular weight is 317 g/mol. The zero-order chi connectivity index (χ0) is 16.7. The van der Waals surface area contributed by atoms with Crippen LogP contribution in [0.4, 0.5) is 4.79 Å². The van der Waals surface area contributed by atoms with Crippen LogP contribution in [0.1, 0.15) is 24.2 Å². The van der Waals surface area contributed by atoms with Gasteiger partial charge >= 0.3 is 18.0 Å². The molecule has 0 aliphatic heterocycles. The van der Waals surface area contributed by atoms with E-state index in [2.05, 4.69) is 15.5 Å². The van der Waals surface area contributed by atoms with Gasteiger partial charge in [0.2, 0.25) is 11.8 Å². The molecule has 1 aromatic rings. The highest BCUT2D eigenvalue weighted by molar-refractivity contribution is 5.82. The Morgan fingerprint density at radius 2 is 1.95 bits per heavy atom. The molecule has 0 saturated heterocycles. The van der Waals surface area contributed by atoms with Crippen molar-refractivity contribution in [2.75, 3.05) is 6.61 Å². The number of nitrogens with two attached hydrogens (primary N) is 1. The third-order valence-electron chi connectivity index (χ3n) is 2.38. The molecule has 2 amide bonds. The summed E-state index contributed by atoms with van der Waals surface area (Å²) in [5.41, 5.74) is 5.51. The number of nitrogens with one attached hydrogen (secondary N) is 2. The fourth-order valence-electron chi connectivity index (χ4n) is 1.31. The second-order valence-electron chi connectivity index (χ2n) is 4.14. The van der Waals surface area contributed by atoms with Crippen LogP contribution in [-0.2, 0) is 16.1 Å². The van der Waals surface area contributed by atoms with Crippen LogP contribution in [-0.4, -0.2) is 56.1 Å². The summed E-state index contributed by atoms with van der Waals surface area (Å²) in [4.78, 5) is 32.5. The van der Waals surface area contributed by atoms with Crippen molar-refractivity contribution in [3.63, 3.8) is 0 Å². The largest absolute Gasteiger partial charge is 0.481 e. The van der Waals surface area contributed by atoms with Gasteiger partial charge in [-0.3, -0.25) is 4.79 Å². The lowest BCUT2D eigenvalue weighted by molar-refractivity contribution is -0.140. The van der Waals surface area contributed by atoms with Crippen LogP contribution in [0.5, 0.6) is 0 Å². The summed E-state index contributed by atoms with van der Waals surface area (Å²) in [7, 11) is 0. The average Bonchev–Trinajstić information content (AvgIpc) is 2.90. The van der Waals surface area contributed by atoms with E-state index in [0.29, 0.717) is 0 Å². The number of nitrogens with zero attached hydrogens (tertiary/aromatic N) is 2. The minimum atomic E-state index is -1.44. The lowest BCUT2D eigenvalue weighted by Gasteiger charge is -2.11. The van der Waals surface area contributed by atoms with Crippen LogP contribution in [0, 0.1) is 0 Å². The fourth-order valence-corrected chi connectivity index (χ4v) is 1.31. The van der Waals surface area contributed by atoms with Gasteiger partial charge in [-0.2, -0.15) is 0 Å². The molecule has 12 heteroatoms. The number of hydrogen-bond acceptors (Lipinski definition) is 8. The highest BCUT2D eigenvalue weighted by Crippen LogP contribution is 2.12. The van der Waals surface area contributed by atoms with Crippen molar-refractivity contribution in [1.82, 2.24) is 20.8 Å². The minimum absolute atomic E-state index is 0.0399. The molecule has 1 heterocycles. The monoisotopic (exact) mass is 317 g/mol. The van der Waals surface area contributed by atoms with Gasteiger partial charge in [0, 0.05) is 0 Å². The quantitative estimate of drug-likeness (QED) is 0.305. The number of carbonyl (C=O) groups excluding carboxylic acids is 1. The van der Waals surface area contributed by atoms with Crippen molar-refractivity contribution in [3.05, 3.63) is 11.8 Å². The molecule has 2 unspecified atom stereocenters. The number of aliphatic hydroxyl groups is 1. The minimum Gasteiger partial charge on any atom is -0.481 e. The molecule has 7 N–H and O–H groups in total. The van der Waals surface area contributed by atoms with Crippen molar-refractivity contribution < 1.29 is 34.1 Å². The van der Waals surface area contributed by atoms with E-state index in [1.165, 1.54) is 0 Å². The van der Waals surface area contributed by atoms with Crippen LogP contribution >= 0.6 is 0 Å². The maximum absolute atomic E-state index is 11.4. The summed E-state index contributed by atoms with van der Waals surface area (Å²) in [5, 5.41) is 37.3. The Balaban J connectivity index is 2.48. The number of aromatic nitrogens is 2. The summed E-state index contributed by atoms with van der Waals surface area (Å²) < 4.78 is 5.06. The molecule has 2 atom stereocenters. The predicted octanol–water partition coefficient (Wildman–Crippen LogP) is -2.21. The molecule has 0 saturated carbocycles. The van der Waals surface area contributed by atoms with Crippen molar-refractivity contribution >= 4 is 18.0 Å². The van der Waals surface area contributed by atoms with Crippen molar-refractivity contribution in [2.45, 2.75) is 25.0 Å². The number of carboxylic acid groups (broad SMARTS) is 2. The summed E-state index contributed by atoms with van der Waals surface area (Å²) in [6.45, 7) is -0.992. The van der Waals surface area contributed by atoms with Gasteiger partial charge in [-0.05, 0) is 0 Å². The highest BCUT2D eigenvalue weighted by Gasteiger charge is 2.20. The first-order chi connectivity index (χ1) is 10.3.